The van der Waals surface area contributed by atoms with Gasteiger partial charge in [0.25, 0.3) is 5.22 Å². The van der Waals surface area contributed by atoms with Gasteiger partial charge in [0.1, 0.15) is 11.6 Å². The molecule has 0 spiro atoms. The average Bonchev–Trinajstić information content (AvgIpc) is 3.43. The quantitative estimate of drug-likeness (QED) is 0.367. The average molecular weight is 438 g/mol. The van der Waals surface area contributed by atoms with E-state index < -0.39 is 0 Å². The molecule has 0 unspecified atom stereocenters. The molecule has 0 fully saturated rings. The molecule has 2 aromatic heterocycles. The van der Waals surface area contributed by atoms with Gasteiger partial charge in [-0.15, -0.1) is 10.2 Å². The van der Waals surface area contributed by atoms with Crippen LogP contribution >= 0.6 is 11.8 Å². The fraction of sp³-hybridized carbons (Fsp3) is 0.273. The highest BCUT2D eigenvalue weighted by Gasteiger charge is 2.11. The number of carbonyl (C=O) groups is 1. The predicted molar refractivity (Wildman–Crippen MR) is 118 cm³/mol. The topological polar surface area (TPSA) is 106 Å². The van der Waals surface area contributed by atoms with Crippen molar-refractivity contribution in [2.75, 3.05) is 19.4 Å². The summed E-state index contributed by atoms with van der Waals surface area (Å²) < 4.78 is 10.8. The summed E-state index contributed by atoms with van der Waals surface area (Å²) >= 11 is 1.23. The van der Waals surface area contributed by atoms with E-state index in [9.17, 15) is 4.79 Å². The molecule has 2 aromatic carbocycles. The molecular formula is C22H23N5O3S. The number of fused-ring (bicyclic) bond motifs is 1. The van der Waals surface area contributed by atoms with Gasteiger partial charge in [-0.1, -0.05) is 36.0 Å². The van der Waals surface area contributed by atoms with Gasteiger partial charge in [-0.3, -0.25) is 4.79 Å². The minimum absolute atomic E-state index is 0.0689. The highest BCUT2D eigenvalue weighted by atomic mass is 32.2. The summed E-state index contributed by atoms with van der Waals surface area (Å²) in [4.78, 5) is 19.9. The Labute approximate surface area is 183 Å². The first-order chi connectivity index (χ1) is 15.2. The van der Waals surface area contributed by atoms with Crippen LogP contribution in [0.1, 0.15) is 17.3 Å². The second-order valence-corrected chi connectivity index (χ2v) is 7.83. The summed E-state index contributed by atoms with van der Waals surface area (Å²) in [6.45, 7) is 0.568. The van der Waals surface area contributed by atoms with Crippen LogP contribution in [0.4, 0.5) is 0 Å². The van der Waals surface area contributed by atoms with Crippen LogP contribution in [-0.2, 0) is 24.1 Å². The van der Waals surface area contributed by atoms with Crippen LogP contribution < -0.4 is 10.1 Å². The number of hydrogen-bond donors (Lipinski definition) is 2. The van der Waals surface area contributed by atoms with Crippen LogP contribution in [0.2, 0.25) is 0 Å². The van der Waals surface area contributed by atoms with Crippen LogP contribution in [0.3, 0.4) is 0 Å². The van der Waals surface area contributed by atoms with E-state index in [0.717, 1.165) is 34.6 Å². The molecule has 2 N–H and O–H groups in total. The Bertz CT molecular complexity index is 1110. The van der Waals surface area contributed by atoms with Crippen molar-refractivity contribution >= 4 is 28.7 Å². The van der Waals surface area contributed by atoms with Crippen LogP contribution in [-0.4, -0.2) is 45.5 Å². The molecule has 0 radical (unpaired) electrons. The Kier molecular flexibility index (Phi) is 6.83. The maximum absolute atomic E-state index is 12.1. The van der Waals surface area contributed by atoms with E-state index in [2.05, 4.69) is 25.5 Å². The number of benzene rings is 2. The van der Waals surface area contributed by atoms with E-state index in [-0.39, 0.29) is 11.7 Å². The molecule has 0 aliphatic heterocycles. The van der Waals surface area contributed by atoms with Crippen molar-refractivity contribution < 1.29 is 13.9 Å². The highest BCUT2D eigenvalue weighted by Crippen LogP contribution is 2.17. The number of imidazole rings is 1. The van der Waals surface area contributed by atoms with Crippen molar-refractivity contribution in [3.05, 3.63) is 65.8 Å². The molecule has 0 aliphatic carbocycles. The number of aryl methyl sites for hydroxylation is 2. The standard InChI is InChI=1S/C22H23N5O3S/c1-29-16-8-6-15(7-9-16)12-13-23-20(28)14-31-22-27-26-21(30-22)11-10-19-24-17-4-2-3-5-18(17)25-19/h2-9H,10-14H2,1H3,(H,23,28)(H,24,25). The molecule has 1 amide bonds. The normalized spacial score (nSPS) is 11.0. The number of carbonyl (C=O) groups excluding carboxylic acids is 1. The first-order valence-electron chi connectivity index (χ1n) is 9.98. The Morgan fingerprint density at radius 3 is 2.74 bits per heavy atom. The number of amides is 1. The van der Waals surface area contributed by atoms with Crippen molar-refractivity contribution in [3.8, 4) is 5.75 Å². The molecule has 0 saturated heterocycles. The SMILES string of the molecule is COc1ccc(CCNC(=O)CSc2nnc(CCc3nc4ccccc4[nH]3)o2)cc1. The lowest BCUT2D eigenvalue weighted by Gasteiger charge is -2.05. The van der Waals surface area contributed by atoms with E-state index in [1.807, 2.05) is 48.5 Å². The number of rotatable bonds is 10. The van der Waals surface area contributed by atoms with E-state index in [0.29, 0.717) is 30.5 Å². The number of methoxy groups -OCH3 is 1. The molecule has 9 heteroatoms. The van der Waals surface area contributed by atoms with Crippen molar-refractivity contribution in [2.24, 2.45) is 0 Å². The van der Waals surface area contributed by atoms with Gasteiger partial charge in [-0.05, 0) is 36.2 Å². The van der Waals surface area contributed by atoms with Gasteiger partial charge in [0, 0.05) is 19.4 Å². The first kappa shape index (κ1) is 20.9. The molecule has 0 atom stereocenters. The van der Waals surface area contributed by atoms with Gasteiger partial charge in [0.2, 0.25) is 11.8 Å². The van der Waals surface area contributed by atoms with Crippen LogP contribution in [0.15, 0.2) is 58.2 Å². The molecule has 0 aliphatic rings. The van der Waals surface area contributed by atoms with Crippen molar-refractivity contribution in [1.29, 1.82) is 0 Å². The fourth-order valence-electron chi connectivity index (χ4n) is 3.06. The summed E-state index contributed by atoms with van der Waals surface area (Å²) in [5.41, 5.74) is 3.09. The molecule has 160 valence electrons. The predicted octanol–water partition coefficient (Wildman–Crippen LogP) is 3.19. The lowest BCUT2D eigenvalue weighted by atomic mass is 10.1. The zero-order valence-corrected chi connectivity index (χ0v) is 17.9. The van der Waals surface area contributed by atoms with Crippen LogP contribution in [0.5, 0.6) is 5.75 Å². The second kappa shape index (κ2) is 10.1. The van der Waals surface area contributed by atoms with E-state index in [4.69, 9.17) is 9.15 Å². The lowest BCUT2D eigenvalue weighted by molar-refractivity contribution is -0.118. The van der Waals surface area contributed by atoms with Crippen molar-refractivity contribution in [2.45, 2.75) is 24.5 Å². The molecule has 2 heterocycles. The summed E-state index contributed by atoms with van der Waals surface area (Å²) in [6.07, 6.45) is 2.02. The number of nitrogens with zero attached hydrogens (tertiary/aromatic N) is 3. The van der Waals surface area contributed by atoms with Gasteiger partial charge in [-0.2, -0.15) is 0 Å². The number of aromatic amines is 1. The summed E-state index contributed by atoms with van der Waals surface area (Å²) in [5.74, 6) is 2.39. The van der Waals surface area contributed by atoms with Gasteiger partial charge in [0.05, 0.1) is 23.9 Å². The fourth-order valence-corrected chi connectivity index (χ4v) is 3.67. The molecule has 8 nitrogen and oxygen atoms in total. The maximum atomic E-state index is 12.1. The maximum Gasteiger partial charge on any atom is 0.277 e. The van der Waals surface area contributed by atoms with E-state index in [1.165, 1.54) is 11.8 Å². The minimum Gasteiger partial charge on any atom is -0.497 e. The second-order valence-electron chi connectivity index (χ2n) is 6.90. The van der Waals surface area contributed by atoms with Gasteiger partial charge in [0.15, 0.2) is 0 Å². The molecule has 31 heavy (non-hydrogen) atoms. The zero-order chi connectivity index (χ0) is 21.5. The molecule has 0 bridgehead atoms. The number of ether oxygens (including phenoxy) is 1. The largest absolute Gasteiger partial charge is 0.497 e. The summed E-state index contributed by atoms with van der Waals surface area (Å²) in [7, 11) is 1.64. The van der Waals surface area contributed by atoms with Gasteiger partial charge < -0.3 is 19.5 Å². The monoisotopic (exact) mass is 437 g/mol. The number of H-pyrrole nitrogens is 1. The van der Waals surface area contributed by atoms with Crippen molar-refractivity contribution in [1.82, 2.24) is 25.5 Å². The minimum atomic E-state index is -0.0689. The Balaban J connectivity index is 1.17. The number of para-hydroxylation sites is 2. The first-order valence-corrected chi connectivity index (χ1v) is 11.0. The number of nitrogens with one attached hydrogen (secondary N) is 2. The van der Waals surface area contributed by atoms with Crippen LogP contribution in [0.25, 0.3) is 11.0 Å². The lowest BCUT2D eigenvalue weighted by Crippen LogP contribution is -2.27. The molecule has 0 saturated carbocycles. The third-order valence-electron chi connectivity index (χ3n) is 4.68. The highest BCUT2D eigenvalue weighted by molar-refractivity contribution is 7.99. The number of thioether (sulfide) groups is 1. The zero-order valence-electron chi connectivity index (χ0n) is 17.1. The third-order valence-corrected chi connectivity index (χ3v) is 5.50. The molecule has 4 aromatic rings. The Morgan fingerprint density at radius 2 is 1.94 bits per heavy atom. The third kappa shape index (κ3) is 5.85. The van der Waals surface area contributed by atoms with Crippen molar-refractivity contribution in [3.63, 3.8) is 0 Å². The summed E-state index contributed by atoms with van der Waals surface area (Å²) in [5, 5.41) is 11.4. The van der Waals surface area contributed by atoms with Gasteiger partial charge >= 0.3 is 0 Å². The molecule has 4 rings (SSSR count). The Morgan fingerprint density at radius 1 is 1.10 bits per heavy atom. The van der Waals surface area contributed by atoms with Gasteiger partial charge in [-0.25, -0.2) is 4.98 Å². The number of hydrogen-bond acceptors (Lipinski definition) is 7. The number of aromatic nitrogens is 4. The van der Waals surface area contributed by atoms with Crippen LogP contribution in [0, 0.1) is 0 Å². The van der Waals surface area contributed by atoms with E-state index in [1.54, 1.807) is 7.11 Å². The smallest absolute Gasteiger partial charge is 0.277 e. The molecular weight excluding hydrogens is 414 g/mol. The Hall–Kier alpha value is -3.33. The summed E-state index contributed by atoms with van der Waals surface area (Å²) in [6, 6.07) is 15.7. The van der Waals surface area contributed by atoms with E-state index >= 15 is 0 Å².